The molecule has 0 bridgehead atoms. The van der Waals surface area contributed by atoms with Gasteiger partial charge in [-0.25, -0.2) is 4.79 Å². The van der Waals surface area contributed by atoms with Gasteiger partial charge in [0.1, 0.15) is 0 Å². The molecule has 2 amide bonds. The number of hydrogen-bond donors (Lipinski definition) is 2. The van der Waals surface area contributed by atoms with Crippen LogP contribution in [0.2, 0.25) is 0 Å². The Morgan fingerprint density at radius 3 is 2.52 bits per heavy atom. The molecule has 2 rings (SSSR count). The van der Waals surface area contributed by atoms with E-state index >= 15 is 0 Å². The van der Waals surface area contributed by atoms with Crippen molar-refractivity contribution in [1.29, 1.82) is 0 Å². The first-order valence-corrected chi connectivity index (χ1v) is 9.06. The average Bonchev–Trinajstić information content (AvgIpc) is 2.57. The molecule has 6 nitrogen and oxygen atoms in total. The summed E-state index contributed by atoms with van der Waals surface area (Å²) in [6.07, 6.45) is -0.542. The van der Waals surface area contributed by atoms with Crippen molar-refractivity contribution in [2.75, 3.05) is 58.7 Å². The third-order valence-corrected chi connectivity index (χ3v) is 4.72. The number of nitrogens with zero attached hydrogens (tertiary/aromatic N) is 3. The third-order valence-electron chi connectivity index (χ3n) is 4.72. The van der Waals surface area contributed by atoms with Crippen molar-refractivity contribution < 1.29 is 9.90 Å². The van der Waals surface area contributed by atoms with E-state index in [4.69, 9.17) is 0 Å². The molecule has 0 aliphatic carbocycles. The first-order chi connectivity index (χ1) is 11.9. The van der Waals surface area contributed by atoms with Gasteiger partial charge in [0.15, 0.2) is 0 Å². The molecule has 1 aliphatic heterocycles. The van der Waals surface area contributed by atoms with E-state index in [1.54, 1.807) is 11.9 Å². The van der Waals surface area contributed by atoms with Crippen LogP contribution in [-0.2, 0) is 0 Å². The number of aliphatic hydroxyl groups excluding tert-OH is 1. The molecular formula is C19H32N4O2. The second-order valence-electron chi connectivity index (χ2n) is 7.31. The molecule has 1 fully saturated rings. The second kappa shape index (κ2) is 9.17. The van der Waals surface area contributed by atoms with Crippen molar-refractivity contribution in [1.82, 2.24) is 14.7 Å². The minimum Gasteiger partial charge on any atom is -0.390 e. The standard InChI is InChI=1S/C19H32N4O2/c1-15(2)17-7-5-6-8-18(17)20-19(25)22(4)13-16(24)14-23-11-9-21(3)10-12-23/h5-8,15-16,24H,9-14H2,1-4H3,(H,20,25)/t16-/m1/s1. The maximum absolute atomic E-state index is 12.4. The number of amides is 2. The van der Waals surface area contributed by atoms with Crippen LogP contribution >= 0.6 is 0 Å². The summed E-state index contributed by atoms with van der Waals surface area (Å²) in [5.41, 5.74) is 1.95. The Hall–Kier alpha value is -1.63. The SMILES string of the molecule is CC(C)c1ccccc1NC(=O)N(C)C[C@@H](O)CN1CCN(C)CC1. The maximum atomic E-state index is 12.4. The summed E-state index contributed by atoms with van der Waals surface area (Å²) in [5.74, 6) is 0.338. The lowest BCUT2D eigenvalue weighted by molar-refractivity contribution is 0.0670. The van der Waals surface area contributed by atoms with Gasteiger partial charge in [0.2, 0.25) is 0 Å². The number of carbonyl (C=O) groups excluding carboxylic acids is 1. The average molecular weight is 348 g/mol. The van der Waals surface area contributed by atoms with Crippen LogP contribution in [0.1, 0.15) is 25.3 Å². The molecule has 0 aromatic heterocycles. The van der Waals surface area contributed by atoms with Crippen molar-refractivity contribution in [3.05, 3.63) is 29.8 Å². The summed E-state index contributed by atoms with van der Waals surface area (Å²) in [4.78, 5) is 18.5. The fraction of sp³-hybridized carbons (Fsp3) is 0.632. The van der Waals surface area contributed by atoms with Crippen LogP contribution in [0.3, 0.4) is 0 Å². The van der Waals surface area contributed by atoms with Crippen molar-refractivity contribution in [3.63, 3.8) is 0 Å². The zero-order valence-electron chi connectivity index (χ0n) is 15.9. The van der Waals surface area contributed by atoms with E-state index in [9.17, 15) is 9.90 Å². The molecule has 0 unspecified atom stereocenters. The minimum atomic E-state index is -0.542. The quantitative estimate of drug-likeness (QED) is 0.824. The zero-order chi connectivity index (χ0) is 18.4. The number of urea groups is 1. The predicted octanol–water partition coefficient (Wildman–Crippen LogP) is 1.88. The number of likely N-dealkylation sites (N-methyl/N-ethyl adjacent to an activating group) is 2. The van der Waals surface area contributed by atoms with Gasteiger partial charge in [0.05, 0.1) is 6.10 Å². The normalized spacial score (nSPS) is 17.5. The summed E-state index contributed by atoms with van der Waals surface area (Å²) < 4.78 is 0. The number of nitrogens with one attached hydrogen (secondary N) is 1. The monoisotopic (exact) mass is 348 g/mol. The molecule has 0 saturated carbocycles. The number of aliphatic hydroxyl groups is 1. The lowest BCUT2D eigenvalue weighted by Gasteiger charge is -2.34. The summed E-state index contributed by atoms with van der Waals surface area (Å²) in [6, 6.07) is 7.66. The molecule has 1 heterocycles. The third kappa shape index (κ3) is 5.99. The van der Waals surface area contributed by atoms with Crippen molar-refractivity contribution in [2.24, 2.45) is 0 Å². The van der Waals surface area contributed by atoms with E-state index in [0.29, 0.717) is 19.0 Å². The fourth-order valence-corrected chi connectivity index (χ4v) is 3.11. The first kappa shape index (κ1) is 19.7. The van der Waals surface area contributed by atoms with Crippen molar-refractivity contribution >= 4 is 11.7 Å². The molecule has 25 heavy (non-hydrogen) atoms. The van der Waals surface area contributed by atoms with Crippen LogP contribution in [0.5, 0.6) is 0 Å². The summed E-state index contributed by atoms with van der Waals surface area (Å²) in [6.45, 7) is 9.11. The highest BCUT2D eigenvalue weighted by molar-refractivity contribution is 5.90. The molecule has 1 saturated heterocycles. The van der Waals surface area contributed by atoms with Gasteiger partial charge in [-0.05, 0) is 24.6 Å². The van der Waals surface area contributed by atoms with E-state index in [2.05, 4.69) is 36.0 Å². The Morgan fingerprint density at radius 2 is 1.88 bits per heavy atom. The van der Waals surface area contributed by atoms with Gasteiger partial charge in [-0.2, -0.15) is 0 Å². The number of piperazine rings is 1. The van der Waals surface area contributed by atoms with Gasteiger partial charge in [0, 0.05) is 52.0 Å². The van der Waals surface area contributed by atoms with Gasteiger partial charge < -0.3 is 20.2 Å². The summed E-state index contributed by atoms with van der Waals surface area (Å²) in [5, 5.41) is 13.3. The number of benzene rings is 1. The largest absolute Gasteiger partial charge is 0.390 e. The van der Waals surface area contributed by atoms with Crippen molar-refractivity contribution in [2.45, 2.75) is 25.9 Å². The highest BCUT2D eigenvalue weighted by Gasteiger charge is 2.20. The van der Waals surface area contributed by atoms with Gasteiger partial charge in [0.25, 0.3) is 0 Å². The second-order valence-corrected chi connectivity index (χ2v) is 7.31. The number of anilines is 1. The molecule has 1 aromatic carbocycles. The van der Waals surface area contributed by atoms with Crippen LogP contribution in [-0.4, -0.2) is 85.3 Å². The predicted molar refractivity (Wildman–Crippen MR) is 102 cm³/mol. The number of rotatable bonds is 6. The number of hydrogen-bond acceptors (Lipinski definition) is 4. The molecule has 1 atom stereocenters. The van der Waals surface area contributed by atoms with E-state index in [-0.39, 0.29) is 6.03 Å². The van der Waals surface area contributed by atoms with Crippen LogP contribution in [0, 0.1) is 0 Å². The summed E-state index contributed by atoms with van der Waals surface area (Å²) >= 11 is 0. The van der Waals surface area contributed by atoms with Gasteiger partial charge in [-0.3, -0.25) is 4.90 Å². The fourth-order valence-electron chi connectivity index (χ4n) is 3.11. The highest BCUT2D eigenvalue weighted by atomic mass is 16.3. The van der Waals surface area contributed by atoms with Crippen LogP contribution in [0.25, 0.3) is 0 Å². The first-order valence-electron chi connectivity index (χ1n) is 9.06. The smallest absolute Gasteiger partial charge is 0.321 e. The van der Waals surface area contributed by atoms with E-state index in [0.717, 1.165) is 37.4 Å². The van der Waals surface area contributed by atoms with E-state index < -0.39 is 6.10 Å². The molecule has 1 aliphatic rings. The molecule has 6 heteroatoms. The highest BCUT2D eigenvalue weighted by Crippen LogP contribution is 2.23. The lowest BCUT2D eigenvalue weighted by Crippen LogP contribution is -2.49. The molecule has 0 spiro atoms. The molecule has 2 N–H and O–H groups in total. The Morgan fingerprint density at radius 1 is 1.24 bits per heavy atom. The Bertz CT molecular complexity index is 556. The van der Waals surface area contributed by atoms with Gasteiger partial charge in [-0.1, -0.05) is 32.0 Å². The molecule has 140 valence electrons. The maximum Gasteiger partial charge on any atom is 0.321 e. The number of β-amino-alcohol motifs (C(OH)–C–C–N with tert-alkyl or cyclic N) is 1. The number of para-hydroxylation sites is 1. The topological polar surface area (TPSA) is 59.1 Å². The Kier molecular flexibility index (Phi) is 7.23. The lowest BCUT2D eigenvalue weighted by atomic mass is 10.0. The molecule has 0 radical (unpaired) electrons. The van der Waals surface area contributed by atoms with Gasteiger partial charge >= 0.3 is 6.03 Å². The van der Waals surface area contributed by atoms with E-state index in [1.165, 1.54) is 0 Å². The van der Waals surface area contributed by atoms with E-state index in [1.807, 2.05) is 24.3 Å². The number of carbonyl (C=O) groups is 1. The molecule has 1 aromatic rings. The molecular weight excluding hydrogens is 316 g/mol. The Labute approximate surface area is 151 Å². The Balaban J connectivity index is 1.83. The van der Waals surface area contributed by atoms with Gasteiger partial charge in [-0.15, -0.1) is 0 Å². The van der Waals surface area contributed by atoms with Crippen LogP contribution in [0.15, 0.2) is 24.3 Å². The van der Waals surface area contributed by atoms with Crippen molar-refractivity contribution in [3.8, 4) is 0 Å². The summed E-state index contributed by atoms with van der Waals surface area (Å²) in [7, 11) is 3.83. The van der Waals surface area contributed by atoms with Crippen LogP contribution in [0.4, 0.5) is 10.5 Å². The zero-order valence-corrected chi connectivity index (χ0v) is 15.9. The van der Waals surface area contributed by atoms with Crippen LogP contribution < -0.4 is 5.32 Å². The minimum absolute atomic E-state index is 0.189.